The summed E-state index contributed by atoms with van der Waals surface area (Å²) in [6.45, 7) is 5.11. The summed E-state index contributed by atoms with van der Waals surface area (Å²) in [5, 5.41) is 5.27. The fourth-order valence-electron chi connectivity index (χ4n) is 2.86. The van der Waals surface area contributed by atoms with Crippen LogP contribution in [0.4, 0.5) is 4.39 Å². The average molecular weight is 414 g/mol. The normalized spacial score (nSPS) is 11.6. The summed E-state index contributed by atoms with van der Waals surface area (Å²) in [5.41, 5.74) is 1.76. The second-order valence-corrected chi connectivity index (χ2v) is 7.31. The summed E-state index contributed by atoms with van der Waals surface area (Å²) in [5.74, 6) is -2.11. The van der Waals surface area contributed by atoms with Crippen LogP contribution in [0.25, 0.3) is 0 Å². The molecule has 2 aromatic rings. The van der Waals surface area contributed by atoms with Crippen molar-refractivity contribution in [1.29, 1.82) is 0 Å². The van der Waals surface area contributed by atoms with Gasteiger partial charge in [0.15, 0.2) is 6.61 Å². The van der Waals surface area contributed by atoms with Crippen molar-refractivity contribution in [3.63, 3.8) is 0 Å². The van der Waals surface area contributed by atoms with Gasteiger partial charge in [-0.2, -0.15) is 0 Å². The molecule has 0 aliphatic heterocycles. The molecule has 0 aliphatic carbocycles. The Labute approximate surface area is 175 Å². The van der Waals surface area contributed by atoms with Crippen LogP contribution in [0.2, 0.25) is 0 Å². The quantitative estimate of drug-likeness (QED) is 0.618. The number of hydrogen-bond donors (Lipinski definition) is 2. The number of hydrogen-bond acceptors (Lipinski definition) is 4. The van der Waals surface area contributed by atoms with Gasteiger partial charge in [0, 0.05) is 12.1 Å². The van der Waals surface area contributed by atoms with E-state index in [1.54, 1.807) is 44.2 Å². The van der Waals surface area contributed by atoms with Crippen LogP contribution in [0.3, 0.4) is 0 Å². The van der Waals surface area contributed by atoms with Crippen LogP contribution in [0.1, 0.15) is 35.3 Å². The summed E-state index contributed by atoms with van der Waals surface area (Å²) >= 11 is 0. The minimum atomic E-state index is -0.886. The predicted molar refractivity (Wildman–Crippen MR) is 111 cm³/mol. The Morgan fingerprint density at radius 2 is 1.70 bits per heavy atom. The van der Waals surface area contributed by atoms with E-state index in [1.807, 2.05) is 19.1 Å². The highest BCUT2D eigenvalue weighted by molar-refractivity contribution is 5.98. The molecule has 2 amide bonds. The molecule has 0 unspecified atom stereocenters. The summed E-state index contributed by atoms with van der Waals surface area (Å²) in [6.07, 6.45) is 0.327. The smallest absolute Gasteiger partial charge is 0.329 e. The largest absolute Gasteiger partial charge is 0.454 e. The van der Waals surface area contributed by atoms with Crippen molar-refractivity contribution >= 4 is 17.8 Å². The van der Waals surface area contributed by atoms with E-state index in [9.17, 15) is 18.8 Å². The molecule has 0 saturated heterocycles. The molecule has 2 rings (SSSR count). The Morgan fingerprint density at radius 1 is 1.03 bits per heavy atom. The number of aryl methyl sites for hydroxylation is 1. The van der Waals surface area contributed by atoms with Crippen molar-refractivity contribution in [2.24, 2.45) is 5.92 Å². The number of carbonyl (C=O) groups is 3. The average Bonchev–Trinajstić information content (AvgIpc) is 2.71. The van der Waals surface area contributed by atoms with E-state index in [1.165, 1.54) is 6.07 Å². The Kier molecular flexibility index (Phi) is 8.53. The van der Waals surface area contributed by atoms with E-state index < -0.39 is 24.5 Å². The molecule has 160 valence electrons. The maximum absolute atomic E-state index is 13.6. The summed E-state index contributed by atoms with van der Waals surface area (Å²) in [7, 11) is 0. The Bertz CT molecular complexity index is 898. The summed E-state index contributed by atoms with van der Waals surface area (Å²) in [4.78, 5) is 36.8. The molecular weight excluding hydrogens is 387 g/mol. The lowest BCUT2D eigenvalue weighted by molar-refractivity contribution is -0.151. The first-order valence-corrected chi connectivity index (χ1v) is 9.82. The van der Waals surface area contributed by atoms with Crippen molar-refractivity contribution in [2.75, 3.05) is 13.2 Å². The molecule has 0 aliphatic rings. The van der Waals surface area contributed by atoms with Crippen LogP contribution in [0.15, 0.2) is 48.5 Å². The van der Waals surface area contributed by atoms with Gasteiger partial charge in [0.1, 0.15) is 11.9 Å². The van der Waals surface area contributed by atoms with Crippen LogP contribution < -0.4 is 10.6 Å². The molecule has 6 nitrogen and oxygen atoms in total. The highest BCUT2D eigenvalue weighted by atomic mass is 19.1. The number of nitrogens with one attached hydrogen (secondary N) is 2. The number of amides is 2. The Hall–Kier alpha value is -3.22. The Balaban J connectivity index is 1.83. The molecule has 7 heteroatoms. The van der Waals surface area contributed by atoms with Crippen molar-refractivity contribution in [3.8, 4) is 0 Å². The molecule has 0 fully saturated rings. The molecular formula is C23H27FN2O4. The molecule has 1 atom stereocenters. The Morgan fingerprint density at radius 3 is 2.37 bits per heavy atom. The minimum Gasteiger partial charge on any atom is -0.454 e. The minimum absolute atomic E-state index is 0.217. The lowest BCUT2D eigenvalue weighted by Gasteiger charge is -2.21. The zero-order valence-corrected chi connectivity index (χ0v) is 17.4. The number of carbonyl (C=O) groups excluding carboxylic acids is 3. The van der Waals surface area contributed by atoms with Crippen molar-refractivity contribution < 1.29 is 23.5 Å². The van der Waals surface area contributed by atoms with Gasteiger partial charge < -0.3 is 15.4 Å². The lowest BCUT2D eigenvalue weighted by Crippen LogP contribution is -2.46. The van der Waals surface area contributed by atoms with Gasteiger partial charge in [-0.25, -0.2) is 9.18 Å². The highest BCUT2D eigenvalue weighted by Crippen LogP contribution is 2.10. The standard InChI is InChI=1S/C23H27FN2O4/c1-15(2)21(26-22(28)18-10-6-4-8-16(18)3)23(29)30-14-20(27)25-13-12-17-9-5-7-11-19(17)24/h4-11,15,21H,12-14H2,1-3H3,(H,25,27)(H,26,28)/t21-/m0/s1. The van der Waals surface area contributed by atoms with Crippen LogP contribution in [0, 0.1) is 18.7 Å². The topological polar surface area (TPSA) is 84.5 Å². The number of ether oxygens (including phenoxy) is 1. The first-order valence-electron chi connectivity index (χ1n) is 9.82. The van der Waals surface area contributed by atoms with Gasteiger partial charge in [0.05, 0.1) is 0 Å². The second-order valence-electron chi connectivity index (χ2n) is 7.31. The molecule has 0 spiro atoms. The number of benzene rings is 2. The molecule has 30 heavy (non-hydrogen) atoms. The second kappa shape index (κ2) is 11.1. The third kappa shape index (κ3) is 6.69. The molecule has 0 radical (unpaired) electrons. The van der Waals surface area contributed by atoms with E-state index in [2.05, 4.69) is 10.6 Å². The van der Waals surface area contributed by atoms with Crippen LogP contribution in [-0.4, -0.2) is 37.0 Å². The van der Waals surface area contributed by atoms with Gasteiger partial charge in [-0.3, -0.25) is 9.59 Å². The highest BCUT2D eigenvalue weighted by Gasteiger charge is 2.27. The fraction of sp³-hybridized carbons (Fsp3) is 0.348. The predicted octanol–water partition coefficient (Wildman–Crippen LogP) is 2.79. The van der Waals surface area contributed by atoms with E-state index in [4.69, 9.17) is 4.74 Å². The first kappa shape index (κ1) is 23.1. The van der Waals surface area contributed by atoms with Gasteiger partial charge in [0.25, 0.3) is 11.8 Å². The molecule has 0 saturated carbocycles. The van der Waals surface area contributed by atoms with Crippen LogP contribution in [-0.2, 0) is 20.7 Å². The van der Waals surface area contributed by atoms with E-state index in [0.29, 0.717) is 17.5 Å². The first-order chi connectivity index (χ1) is 14.3. The zero-order chi connectivity index (χ0) is 22.1. The lowest BCUT2D eigenvalue weighted by atomic mass is 10.0. The molecule has 0 bridgehead atoms. The SMILES string of the molecule is Cc1ccccc1C(=O)N[C@H](C(=O)OCC(=O)NCCc1ccccc1F)C(C)C. The molecule has 0 heterocycles. The number of rotatable bonds is 9. The van der Waals surface area contributed by atoms with Crippen LogP contribution >= 0.6 is 0 Å². The number of esters is 1. The van der Waals surface area contributed by atoms with Crippen LogP contribution in [0.5, 0.6) is 0 Å². The van der Waals surface area contributed by atoms with E-state index in [-0.39, 0.29) is 24.2 Å². The third-order valence-corrected chi connectivity index (χ3v) is 4.62. The fourth-order valence-corrected chi connectivity index (χ4v) is 2.86. The maximum atomic E-state index is 13.6. The monoisotopic (exact) mass is 414 g/mol. The zero-order valence-electron chi connectivity index (χ0n) is 17.4. The molecule has 2 aromatic carbocycles. The number of halogens is 1. The van der Waals surface area contributed by atoms with Gasteiger partial charge in [-0.15, -0.1) is 0 Å². The molecule has 2 N–H and O–H groups in total. The van der Waals surface area contributed by atoms with E-state index in [0.717, 1.165) is 5.56 Å². The summed E-state index contributed by atoms with van der Waals surface area (Å²) < 4.78 is 18.6. The van der Waals surface area contributed by atoms with Gasteiger partial charge in [0.2, 0.25) is 0 Å². The third-order valence-electron chi connectivity index (χ3n) is 4.62. The van der Waals surface area contributed by atoms with Crippen molar-refractivity contribution in [2.45, 2.75) is 33.2 Å². The van der Waals surface area contributed by atoms with Gasteiger partial charge in [-0.05, 0) is 42.5 Å². The van der Waals surface area contributed by atoms with Gasteiger partial charge in [-0.1, -0.05) is 50.2 Å². The molecule has 0 aromatic heterocycles. The van der Waals surface area contributed by atoms with Crippen molar-refractivity contribution in [3.05, 3.63) is 71.0 Å². The van der Waals surface area contributed by atoms with Crippen molar-refractivity contribution in [1.82, 2.24) is 10.6 Å². The maximum Gasteiger partial charge on any atom is 0.329 e. The summed E-state index contributed by atoms with van der Waals surface area (Å²) in [6, 6.07) is 12.5. The van der Waals surface area contributed by atoms with E-state index >= 15 is 0 Å². The van der Waals surface area contributed by atoms with Gasteiger partial charge >= 0.3 is 5.97 Å².